The summed E-state index contributed by atoms with van der Waals surface area (Å²) in [5.74, 6) is 0.843. The maximum Gasteiger partial charge on any atom is 0.123 e. The molecular formula is C19H23ClO. The fraction of sp³-hybridized carbons (Fsp3) is 0.368. The molecule has 1 nitrogen and oxygen atoms in total. The van der Waals surface area contributed by atoms with Crippen LogP contribution in [0.3, 0.4) is 0 Å². The van der Waals surface area contributed by atoms with Crippen LogP contribution < -0.4 is 4.74 Å². The molecule has 0 saturated heterocycles. The van der Waals surface area contributed by atoms with E-state index >= 15 is 0 Å². The Morgan fingerprint density at radius 1 is 1.10 bits per heavy atom. The number of benzene rings is 2. The van der Waals surface area contributed by atoms with E-state index in [1.807, 2.05) is 12.1 Å². The molecule has 0 amide bonds. The van der Waals surface area contributed by atoms with Crippen LogP contribution in [0.15, 0.2) is 42.5 Å². The maximum absolute atomic E-state index is 6.66. The molecule has 0 radical (unpaired) electrons. The van der Waals surface area contributed by atoms with Crippen molar-refractivity contribution >= 4 is 11.6 Å². The van der Waals surface area contributed by atoms with Crippen molar-refractivity contribution in [1.29, 1.82) is 0 Å². The molecule has 0 aliphatic heterocycles. The molecular weight excluding hydrogens is 280 g/mol. The van der Waals surface area contributed by atoms with Gasteiger partial charge >= 0.3 is 0 Å². The second kappa shape index (κ2) is 7.51. The average molecular weight is 303 g/mol. The lowest BCUT2D eigenvalue weighted by atomic mass is 9.99. The number of aryl methyl sites for hydroxylation is 2. The van der Waals surface area contributed by atoms with Crippen LogP contribution >= 0.6 is 11.6 Å². The molecule has 0 aromatic heterocycles. The first-order valence-corrected chi connectivity index (χ1v) is 7.96. The Kier molecular flexibility index (Phi) is 5.69. The first-order valence-electron chi connectivity index (χ1n) is 7.53. The summed E-state index contributed by atoms with van der Waals surface area (Å²) < 4.78 is 5.44. The lowest BCUT2D eigenvalue weighted by Gasteiger charge is -2.15. The van der Waals surface area contributed by atoms with E-state index in [-0.39, 0.29) is 5.38 Å². The number of hydrogen-bond acceptors (Lipinski definition) is 1. The van der Waals surface area contributed by atoms with Crippen molar-refractivity contribution in [3.05, 3.63) is 64.7 Å². The Morgan fingerprint density at radius 2 is 1.81 bits per heavy atom. The van der Waals surface area contributed by atoms with Crippen molar-refractivity contribution in [3.8, 4) is 5.75 Å². The predicted molar refractivity (Wildman–Crippen MR) is 90.5 cm³/mol. The fourth-order valence-electron chi connectivity index (χ4n) is 2.47. The van der Waals surface area contributed by atoms with Crippen molar-refractivity contribution in [2.24, 2.45) is 0 Å². The number of alkyl halides is 1. The Bertz CT molecular complexity index is 575. The first-order chi connectivity index (χ1) is 10.2. The van der Waals surface area contributed by atoms with Gasteiger partial charge in [0.2, 0.25) is 0 Å². The summed E-state index contributed by atoms with van der Waals surface area (Å²) in [6.07, 6.45) is 3.59. The molecule has 1 unspecified atom stereocenters. The number of ether oxygens (including phenoxy) is 1. The first kappa shape index (κ1) is 15.9. The van der Waals surface area contributed by atoms with E-state index in [2.05, 4.69) is 44.2 Å². The van der Waals surface area contributed by atoms with Gasteiger partial charge in [0.05, 0.1) is 12.5 Å². The molecule has 112 valence electrons. The van der Waals surface area contributed by atoms with Gasteiger partial charge in [-0.25, -0.2) is 0 Å². The van der Waals surface area contributed by atoms with E-state index in [1.165, 1.54) is 24.0 Å². The average Bonchev–Trinajstić information content (AvgIpc) is 2.52. The van der Waals surface area contributed by atoms with Crippen LogP contribution in [0.4, 0.5) is 0 Å². The monoisotopic (exact) mass is 302 g/mol. The third-order valence-corrected chi connectivity index (χ3v) is 4.24. The van der Waals surface area contributed by atoms with Crippen LogP contribution in [0.25, 0.3) is 0 Å². The highest BCUT2D eigenvalue weighted by molar-refractivity contribution is 6.22. The smallest absolute Gasteiger partial charge is 0.123 e. The largest absolute Gasteiger partial charge is 0.496 e. The molecule has 0 aliphatic rings. The highest BCUT2D eigenvalue weighted by Gasteiger charge is 2.15. The fourth-order valence-corrected chi connectivity index (χ4v) is 2.78. The van der Waals surface area contributed by atoms with Crippen LogP contribution in [0.1, 0.15) is 47.4 Å². The minimum Gasteiger partial charge on any atom is -0.496 e. The van der Waals surface area contributed by atoms with Gasteiger partial charge in [-0.15, -0.1) is 11.6 Å². The van der Waals surface area contributed by atoms with Gasteiger partial charge in [0.1, 0.15) is 5.75 Å². The highest BCUT2D eigenvalue weighted by atomic mass is 35.5. The van der Waals surface area contributed by atoms with E-state index in [0.29, 0.717) is 0 Å². The lowest BCUT2D eigenvalue weighted by Crippen LogP contribution is -1.98. The number of rotatable bonds is 6. The van der Waals surface area contributed by atoms with Gasteiger partial charge in [-0.05, 0) is 37.0 Å². The molecule has 1 atom stereocenters. The molecule has 0 bridgehead atoms. The van der Waals surface area contributed by atoms with Crippen molar-refractivity contribution in [3.63, 3.8) is 0 Å². The van der Waals surface area contributed by atoms with Gasteiger partial charge in [0.15, 0.2) is 0 Å². The Morgan fingerprint density at radius 3 is 2.43 bits per heavy atom. The predicted octanol–water partition coefficient (Wildman–Crippen LogP) is 5.67. The van der Waals surface area contributed by atoms with Crippen LogP contribution in [0, 0.1) is 6.92 Å². The maximum atomic E-state index is 6.66. The lowest BCUT2D eigenvalue weighted by molar-refractivity contribution is 0.410. The van der Waals surface area contributed by atoms with E-state index in [0.717, 1.165) is 23.3 Å². The van der Waals surface area contributed by atoms with Crippen molar-refractivity contribution in [2.75, 3.05) is 7.11 Å². The summed E-state index contributed by atoms with van der Waals surface area (Å²) in [6, 6.07) is 14.7. The van der Waals surface area contributed by atoms with Gasteiger partial charge < -0.3 is 4.74 Å². The molecule has 2 heteroatoms. The van der Waals surface area contributed by atoms with E-state index in [1.54, 1.807) is 7.11 Å². The molecule has 2 rings (SSSR count). The topological polar surface area (TPSA) is 9.23 Å². The quantitative estimate of drug-likeness (QED) is 0.624. The minimum atomic E-state index is -0.180. The van der Waals surface area contributed by atoms with Gasteiger partial charge in [0.25, 0.3) is 0 Å². The Hall–Kier alpha value is -1.47. The van der Waals surface area contributed by atoms with Gasteiger partial charge in [-0.3, -0.25) is 0 Å². The summed E-state index contributed by atoms with van der Waals surface area (Å²) in [6.45, 7) is 4.29. The summed E-state index contributed by atoms with van der Waals surface area (Å²) in [5.41, 5.74) is 4.71. The van der Waals surface area contributed by atoms with Crippen LogP contribution in [0.2, 0.25) is 0 Å². The third kappa shape index (κ3) is 4.01. The summed E-state index contributed by atoms with van der Waals surface area (Å²) in [7, 11) is 1.69. The number of halogens is 1. The zero-order valence-electron chi connectivity index (χ0n) is 13.0. The molecule has 2 aromatic rings. The summed E-state index contributed by atoms with van der Waals surface area (Å²) >= 11 is 6.66. The van der Waals surface area contributed by atoms with Crippen LogP contribution in [0.5, 0.6) is 5.75 Å². The normalized spacial score (nSPS) is 12.2. The summed E-state index contributed by atoms with van der Waals surface area (Å²) in [4.78, 5) is 0. The van der Waals surface area contributed by atoms with Gasteiger partial charge in [0, 0.05) is 5.56 Å². The zero-order chi connectivity index (χ0) is 15.2. The zero-order valence-corrected chi connectivity index (χ0v) is 13.8. The van der Waals surface area contributed by atoms with Gasteiger partial charge in [-0.1, -0.05) is 55.3 Å². The molecule has 0 fully saturated rings. The second-order valence-electron chi connectivity index (χ2n) is 5.45. The highest BCUT2D eigenvalue weighted by Crippen LogP contribution is 2.35. The van der Waals surface area contributed by atoms with Crippen LogP contribution in [-0.2, 0) is 6.42 Å². The SMILES string of the molecule is CCCCc1ccc(C(Cl)c2cc(C)ccc2OC)cc1. The number of hydrogen-bond donors (Lipinski definition) is 0. The van der Waals surface area contributed by atoms with Gasteiger partial charge in [-0.2, -0.15) is 0 Å². The molecule has 0 spiro atoms. The van der Waals surface area contributed by atoms with E-state index < -0.39 is 0 Å². The molecule has 0 saturated carbocycles. The second-order valence-corrected chi connectivity index (χ2v) is 5.89. The van der Waals surface area contributed by atoms with E-state index in [9.17, 15) is 0 Å². The number of methoxy groups -OCH3 is 1. The Labute approximate surface area is 132 Å². The summed E-state index contributed by atoms with van der Waals surface area (Å²) in [5, 5.41) is -0.180. The van der Waals surface area contributed by atoms with Crippen molar-refractivity contribution < 1.29 is 4.74 Å². The number of unbranched alkanes of at least 4 members (excludes halogenated alkanes) is 1. The minimum absolute atomic E-state index is 0.180. The molecule has 21 heavy (non-hydrogen) atoms. The van der Waals surface area contributed by atoms with Crippen LogP contribution in [-0.4, -0.2) is 7.11 Å². The van der Waals surface area contributed by atoms with Crippen molar-refractivity contribution in [1.82, 2.24) is 0 Å². The standard InChI is InChI=1S/C19H23ClO/c1-4-5-6-15-8-10-16(11-9-15)19(20)17-13-14(2)7-12-18(17)21-3/h7-13,19H,4-6H2,1-3H3. The molecule has 0 aliphatic carbocycles. The third-order valence-electron chi connectivity index (χ3n) is 3.75. The molecule has 0 heterocycles. The van der Waals surface area contributed by atoms with E-state index in [4.69, 9.17) is 16.3 Å². The molecule has 0 N–H and O–H groups in total. The van der Waals surface area contributed by atoms with Crippen molar-refractivity contribution in [2.45, 2.75) is 38.5 Å². The molecule has 2 aromatic carbocycles. The Balaban J connectivity index is 2.23.